The first kappa shape index (κ1) is 21.3. The van der Waals surface area contributed by atoms with Crippen molar-refractivity contribution >= 4 is 11.9 Å². The molecular weight excluding hydrogens is 375 g/mol. The Labute approximate surface area is 160 Å². The zero-order valence-corrected chi connectivity index (χ0v) is 15.2. The van der Waals surface area contributed by atoms with E-state index in [2.05, 4.69) is 5.32 Å². The summed E-state index contributed by atoms with van der Waals surface area (Å²) in [5.41, 5.74) is 1.34. The largest absolute Gasteiger partial charge is 0.496 e. The Balaban J connectivity index is 2.01. The summed E-state index contributed by atoms with van der Waals surface area (Å²) in [6, 6.07) is 10.6. The molecule has 28 heavy (non-hydrogen) atoms. The Morgan fingerprint density at radius 3 is 2.43 bits per heavy atom. The van der Waals surface area contributed by atoms with Gasteiger partial charge in [-0.25, -0.2) is 4.79 Å². The molecule has 5 nitrogen and oxygen atoms in total. The molecule has 0 aromatic heterocycles. The second-order valence-electron chi connectivity index (χ2n) is 6.11. The maximum atomic E-state index is 12.5. The number of halogens is 3. The van der Waals surface area contributed by atoms with Gasteiger partial charge in [0.15, 0.2) is 0 Å². The van der Waals surface area contributed by atoms with Crippen molar-refractivity contribution in [3.05, 3.63) is 64.7 Å². The third-order valence-corrected chi connectivity index (χ3v) is 4.15. The monoisotopic (exact) mass is 395 g/mol. The van der Waals surface area contributed by atoms with E-state index in [1.54, 1.807) is 18.2 Å². The van der Waals surface area contributed by atoms with E-state index >= 15 is 0 Å². The molecule has 0 atom stereocenters. The zero-order chi connectivity index (χ0) is 20.7. The number of ether oxygens (including phenoxy) is 1. The third kappa shape index (κ3) is 6.00. The topological polar surface area (TPSA) is 75.6 Å². The summed E-state index contributed by atoms with van der Waals surface area (Å²) in [5.74, 6) is -1.15. The minimum Gasteiger partial charge on any atom is -0.496 e. The van der Waals surface area contributed by atoms with Gasteiger partial charge < -0.3 is 15.2 Å². The number of nitrogens with one attached hydrogen (secondary N) is 1. The third-order valence-electron chi connectivity index (χ3n) is 4.15. The van der Waals surface area contributed by atoms with Crippen LogP contribution in [0.4, 0.5) is 13.2 Å². The number of carboxylic acid groups (broad SMARTS) is 1. The summed E-state index contributed by atoms with van der Waals surface area (Å²) >= 11 is 0. The number of aryl methyl sites for hydroxylation is 1. The van der Waals surface area contributed by atoms with E-state index in [4.69, 9.17) is 9.84 Å². The van der Waals surface area contributed by atoms with Crippen molar-refractivity contribution in [3.8, 4) is 5.75 Å². The van der Waals surface area contributed by atoms with Crippen LogP contribution in [0.2, 0.25) is 0 Å². The van der Waals surface area contributed by atoms with Crippen molar-refractivity contribution in [1.29, 1.82) is 0 Å². The molecule has 0 spiro atoms. The first-order valence-corrected chi connectivity index (χ1v) is 8.54. The lowest BCUT2D eigenvalue weighted by Crippen LogP contribution is -2.27. The fourth-order valence-corrected chi connectivity index (χ4v) is 2.73. The molecule has 0 saturated carbocycles. The van der Waals surface area contributed by atoms with Crippen LogP contribution < -0.4 is 10.1 Å². The highest BCUT2D eigenvalue weighted by Crippen LogP contribution is 2.24. The summed E-state index contributed by atoms with van der Waals surface area (Å²) in [7, 11) is 1.42. The minimum absolute atomic E-state index is 0.0863. The summed E-state index contributed by atoms with van der Waals surface area (Å²) in [4.78, 5) is 23.4. The SMILES string of the molecule is COc1cc(C(=O)O)ccc1CCNC(=O)c1ccccc1CCC(F)(F)F. The van der Waals surface area contributed by atoms with Gasteiger partial charge in [0.25, 0.3) is 5.91 Å². The summed E-state index contributed by atoms with van der Waals surface area (Å²) in [6.07, 6.45) is -5.18. The van der Waals surface area contributed by atoms with Gasteiger partial charge in [-0.3, -0.25) is 4.79 Å². The molecule has 2 N–H and O–H groups in total. The Morgan fingerprint density at radius 1 is 1.07 bits per heavy atom. The van der Waals surface area contributed by atoms with Gasteiger partial charge in [0.05, 0.1) is 12.7 Å². The fraction of sp³-hybridized carbons (Fsp3) is 0.300. The number of hydrogen-bond acceptors (Lipinski definition) is 3. The average Bonchev–Trinajstić information content (AvgIpc) is 2.66. The van der Waals surface area contributed by atoms with E-state index in [0.29, 0.717) is 23.3 Å². The highest BCUT2D eigenvalue weighted by molar-refractivity contribution is 5.95. The molecule has 8 heteroatoms. The lowest BCUT2D eigenvalue weighted by molar-refractivity contribution is -0.134. The quantitative estimate of drug-likeness (QED) is 0.712. The highest BCUT2D eigenvalue weighted by Gasteiger charge is 2.27. The molecule has 0 fully saturated rings. The predicted molar refractivity (Wildman–Crippen MR) is 96.8 cm³/mol. The van der Waals surface area contributed by atoms with Crippen LogP contribution in [0.5, 0.6) is 5.75 Å². The van der Waals surface area contributed by atoms with Crippen molar-refractivity contribution in [3.63, 3.8) is 0 Å². The molecule has 0 aliphatic carbocycles. The van der Waals surface area contributed by atoms with Crippen molar-refractivity contribution in [2.75, 3.05) is 13.7 Å². The standard InChI is InChI=1S/C20H20F3NO4/c1-28-17-12-15(19(26)27)7-6-14(17)9-11-24-18(25)16-5-3-2-4-13(16)8-10-20(21,22)23/h2-7,12H,8-11H2,1H3,(H,24,25)(H,26,27). The lowest BCUT2D eigenvalue weighted by Gasteiger charge is -2.13. The molecule has 0 unspecified atom stereocenters. The second kappa shape index (κ2) is 9.25. The number of rotatable bonds is 8. The van der Waals surface area contributed by atoms with Gasteiger partial charge >= 0.3 is 12.1 Å². The molecule has 1 amide bonds. The van der Waals surface area contributed by atoms with Crippen molar-refractivity contribution < 1.29 is 32.6 Å². The Kier molecular flexibility index (Phi) is 7.03. The van der Waals surface area contributed by atoms with E-state index < -0.39 is 24.5 Å². The number of carboxylic acids is 1. The molecular formula is C20H20F3NO4. The Hall–Kier alpha value is -3.03. The molecule has 0 heterocycles. The molecule has 0 aliphatic heterocycles. The van der Waals surface area contributed by atoms with Crippen LogP contribution in [0.3, 0.4) is 0 Å². The van der Waals surface area contributed by atoms with Gasteiger partial charge in [0.2, 0.25) is 0 Å². The van der Waals surface area contributed by atoms with E-state index in [1.165, 1.54) is 31.4 Å². The van der Waals surface area contributed by atoms with Crippen LogP contribution in [-0.4, -0.2) is 36.8 Å². The number of methoxy groups -OCH3 is 1. The molecule has 150 valence electrons. The Morgan fingerprint density at radius 2 is 1.79 bits per heavy atom. The number of amides is 1. The van der Waals surface area contributed by atoms with E-state index in [-0.39, 0.29) is 24.1 Å². The smallest absolute Gasteiger partial charge is 0.389 e. The van der Waals surface area contributed by atoms with Crippen LogP contribution in [0.1, 0.15) is 38.3 Å². The van der Waals surface area contributed by atoms with Crippen LogP contribution in [0, 0.1) is 0 Å². The molecule has 2 aromatic carbocycles. The number of aromatic carboxylic acids is 1. The van der Waals surface area contributed by atoms with Crippen LogP contribution in [0.15, 0.2) is 42.5 Å². The van der Waals surface area contributed by atoms with Gasteiger partial charge in [-0.2, -0.15) is 13.2 Å². The van der Waals surface area contributed by atoms with Gasteiger partial charge in [0.1, 0.15) is 5.75 Å². The van der Waals surface area contributed by atoms with Crippen LogP contribution in [0.25, 0.3) is 0 Å². The van der Waals surface area contributed by atoms with Crippen molar-refractivity contribution in [2.24, 2.45) is 0 Å². The minimum atomic E-state index is -4.29. The number of alkyl halides is 3. The average molecular weight is 395 g/mol. The summed E-state index contributed by atoms with van der Waals surface area (Å²) in [5, 5.41) is 11.7. The van der Waals surface area contributed by atoms with Gasteiger partial charge in [0, 0.05) is 18.5 Å². The number of carbonyl (C=O) groups is 2. The fourth-order valence-electron chi connectivity index (χ4n) is 2.73. The molecule has 0 radical (unpaired) electrons. The molecule has 0 saturated heterocycles. The van der Waals surface area contributed by atoms with E-state index in [0.717, 1.165) is 0 Å². The Bertz CT molecular complexity index is 850. The number of hydrogen-bond donors (Lipinski definition) is 2. The van der Waals surface area contributed by atoms with Gasteiger partial charge in [-0.05, 0) is 42.2 Å². The van der Waals surface area contributed by atoms with Gasteiger partial charge in [-0.1, -0.05) is 24.3 Å². The highest BCUT2D eigenvalue weighted by atomic mass is 19.4. The van der Waals surface area contributed by atoms with Crippen LogP contribution in [-0.2, 0) is 12.8 Å². The predicted octanol–water partition coefficient (Wildman–Crippen LogP) is 3.86. The number of carbonyl (C=O) groups excluding carboxylic acids is 1. The second-order valence-corrected chi connectivity index (χ2v) is 6.11. The summed E-state index contributed by atoms with van der Waals surface area (Å²) in [6.45, 7) is 0.217. The molecule has 2 aromatic rings. The molecule has 0 aliphatic rings. The van der Waals surface area contributed by atoms with E-state index in [1.807, 2.05) is 0 Å². The maximum Gasteiger partial charge on any atom is 0.389 e. The first-order chi connectivity index (χ1) is 13.2. The van der Waals surface area contributed by atoms with E-state index in [9.17, 15) is 22.8 Å². The molecule has 2 rings (SSSR count). The van der Waals surface area contributed by atoms with Crippen LogP contribution >= 0.6 is 0 Å². The van der Waals surface area contributed by atoms with Crippen molar-refractivity contribution in [2.45, 2.75) is 25.4 Å². The van der Waals surface area contributed by atoms with Gasteiger partial charge in [-0.15, -0.1) is 0 Å². The normalized spacial score (nSPS) is 11.1. The summed E-state index contributed by atoms with van der Waals surface area (Å²) < 4.78 is 42.6. The molecule has 0 bridgehead atoms. The number of benzene rings is 2. The first-order valence-electron chi connectivity index (χ1n) is 8.54. The van der Waals surface area contributed by atoms with Crippen molar-refractivity contribution in [1.82, 2.24) is 5.32 Å². The maximum absolute atomic E-state index is 12.5. The zero-order valence-electron chi connectivity index (χ0n) is 15.2. The lowest BCUT2D eigenvalue weighted by atomic mass is 10.0.